The molecule has 0 saturated carbocycles. The molecule has 2 N–H and O–H groups in total. The number of amides is 1. The van der Waals surface area contributed by atoms with Gasteiger partial charge in [-0.05, 0) is 30.9 Å². The smallest absolute Gasteiger partial charge is 0.308 e. The largest absolute Gasteiger partial charge is 0.493 e. The number of methoxy groups -OCH3 is 1. The Morgan fingerprint density at radius 2 is 1.96 bits per heavy atom. The molecule has 0 aromatic heterocycles. The summed E-state index contributed by atoms with van der Waals surface area (Å²) < 4.78 is 37.4. The molecule has 1 aromatic rings. The van der Waals surface area contributed by atoms with Gasteiger partial charge < -0.3 is 19.9 Å². The lowest BCUT2D eigenvalue weighted by Crippen LogP contribution is -2.39. The second-order valence-corrected chi connectivity index (χ2v) is 5.54. The molecule has 1 heterocycles. The van der Waals surface area contributed by atoms with Crippen molar-refractivity contribution >= 4 is 11.9 Å². The highest BCUT2D eigenvalue weighted by Gasteiger charge is 2.31. The molecule has 1 amide bonds. The van der Waals surface area contributed by atoms with E-state index in [0.717, 1.165) is 19.2 Å². The molecule has 1 unspecified atom stereocenters. The summed E-state index contributed by atoms with van der Waals surface area (Å²) in [7, 11) is 1.12. The Kier molecular flexibility index (Phi) is 6.08. The third-order valence-electron chi connectivity index (χ3n) is 4.12. The van der Waals surface area contributed by atoms with Crippen LogP contribution in [0.2, 0.25) is 0 Å². The number of nitrogens with one attached hydrogen (secondary N) is 1. The van der Waals surface area contributed by atoms with Crippen molar-refractivity contribution < 1.29 is 33.0 Å². The Labute approximate surface area is 137 Å². The fourth-order valence-electron chi connectivity index (χ4n) is 2.81. The number of benzene rings is 1. The van der Waals surface area contributed by atoms with Crippen LogP contribution in [0.15, 0.2) is 12.1 Å². The number of carboxylic acid groups (broad SMARTS) is 1. The molecule has 132 valence electrons. The van der Waals surface area contributed by atoms with Crippen LogP contribution < -0.4 is 10.1 Å². The molecule has 1 aliphatic heterocycles. The first-order chi connectivity index (χ1) is 11.5. The van der Waals surface area contributed by atoms with Crippen LogP contribution in [-0.2, 0) is 9.53 Å². The van der Waals surface area contributed by atoms with Gasteiger partial charge in [-0.2, -0.15) is 0 Å². The van der Waals surface area contributed by atoms with Gasteiger partial charge in [-0.15, -0.1) is 0 Å². The molecular weight excluding hydrogens is 324 g/mol. The molecule has 1 atom stereocenters. The molecule has 24 heavy (non-hydrogen) atoms. The van der Waals surface area contributed by atoms with Crippen LogP contribution in [0.25, 0.3) is 0 Å². The highest BCUT2D eigenvalue weighted by Crippen LogP contribution is 2.26. The maximum atomic E-state index is 13.9. The van der Waals surface area contributed by atoms with Gasteiger partial charge in [0.05, 0.1) is 13.0 Å². The van der Waals surface area contributed by atoms with E-state index >= 15 is 0 Å². The van der Waals surface area contributed by atoms with Crippen molar-refractivity contribution in [3.05, 3.63) is 29.3 Å². The molecule has 2 rings (SSSR count). The Balaban J connectivity index is 2.11. The maximum absolute atomic E-state index is 13.9. The summed E-state index contributed by atoms with van der Waals surface area (Å²) in [6.45, 7) is 0.751. The first-order valence-corrected chi connectivity index (χ1v) is 7.56. The van der Waals surface area contributed by atoms with Crippen LogP contribution in [-0.4, -0.2) is 43.9 Å². The Morgan fingerprint density at radius 1 is 1.33 bits per heavy atom. The van der Waals surface area contributed by atoms with Gasteiger partial charge in [0.25, 0.3) is 5.91 Å². The van der Waals surface area contributed by atoms with Crippen molar-refractivity contribution in [3.8, 4) is 5.75 Å². The zero-order valence-electron chi connectivity index (χ0n) is 13.2. The highest BCUT2D eigenvalue weighted by atomic mass is 19.1. The number of hydrogen-bond acceptors (Lipinski definition) is 4. The molecule has 0 radical (unpaired) electrons. The van der Waals surface area contributed by atoms with E-state index in [-0.39, 0.29) is 12.5 Å². The fraction of sp³-hybridized carbons (Fsp3) is 0.500. The molecule has 1 aliphatic rings. The zero-order valence-corrected chi connectivity index (χ0v) is 13.2. The van der Waals surface area contributed by atoms with Crippen molar-refractivity contribution in [1.82, 2.24) is 5.32 Å². The monoisotopic (exact) mass is 343 g/mol. The van der Waals surface area contributed by atoms with E-state index < -0.39 is 40.7 Å². The van der Waals surface area contributed by atoms with Crippen molar-refractivity contribution in [2.45, 2.75) is 12.8 Å². The minimum Gasteiger partial charge on any atom is -0.493 e. The van der Waals surface area contributed by atoms with Gasteiger partial charge in [0, 0.05) is 19.8 Å². The fourth-order valence-corrected chi connectivity index (χ4v) is 2.81. The van der Waals surface area contributed by atoms with Gasteiger partial charge in [0.2, 0.25) is 0 Å². The molecule has 8 heteroatoms. The van der Waals surface area contributed by atoms with Crippen LogP contribution in [0.3, 0.4) is 0 Å². The molecule has 1 saturated heterocycles. The van der Waals surface area contributed by atoms with Crippen LogP contribution >= 0.6 is 0 Å². The third kappa shape index (κ3) is 4.00. The van der Waals surface area contributed by atoms with Crippen LogP contribution in [0.4, 0.5) is 8.78 Å². The standard InChI is InChI=1S/C16H19F2NO5/c1-23-14-12(18)3-2-11(17)13(14)15(20)19-8-10(16(21)22)9-4-6-24-7-5-9/h2-3,9-10H,4-8H2,1H3,(H,19,20)(H,21,22). The molecule has 6 nitrogen and oxygen atoms in total. The lowest BCUT2D eigenvalue weighted by molar-refractivity contribution is -0.144. The minimum atomic E-state index is -1.05. The quantitative estimate of drug-likeness (QED) is 0.823. The van der Waals surface area contributed by atoms with E-state index in [1.54, 1.807) is 0 Å². The van der Waals surface area contributed by atoms with Crippen molar-refractivity contribution in [1.29, 1.82) is 0 Å². The molecular formula is C16H19F2NO5. The van der Waals surface area contributed by atoms with Gasteiger partial charge >= 0.3 is 5.97 Å². The SMILES string of the molecule is COc1c(F)ccc(F)c1C(=O)NCC(C(=O)O)C1CCOCC1. The lowest BCUT2D eigenvalue weighted by Gasteiger charge is -2.27. The molecule has 1 fully saturated rings. The second kappa shape index (κ2) is 8.05. The summed E-state index contributed by atoms with van der Waals surface area (Å²) >= 11 is 0. The molecule has 0 spiro atoms. The average Bonchev–Trinajstić information content (AvgIpc) is 2.57. The Hall–Kier alpha value is -2.22. The second-order valence-electron chi connectivity index (χ2n) is 5.54. The van der Waals surface area contributed by atoms with Crippen LogP contribution in [0, 0.1) is 23.5 Å². The number of hydrogen-bond donors (Lipinski definition) is 2. The van der Waals surface area contributed by atoms with E-state index in [2.05, 4.69) is 5.32 Å². The zero-order chi connectivity index (χ0) is 17.7. The number of carboxylic acids is 1. The Morgan fingerprint density at radius 3 is 2.54 bits per heavy atom. The number of halogens is 2. The topological polar surface area (TPSA) is 84.9 Å². The number of rotatable bonds is 6. The van der Waals surface area contributed by atoms with E-state index in [0.29, 0.717) is 26.1 Å². The molecule has 1 aromatic carbocycles. The highest BCUT2D eigenvalue weighted by molar-refractivity contribution is 5.97. The Bertz CT molecular complexity index is 617. The predicted octanol–water partition coefficient (Wildman–Crippen LogP) is 1.83. The van der Waals surface area contributed by atoms with E-state index in [4.69, 9.17) is 9.47 Å². The summed E-state index contributed by atoms with van der Waals surface area (Å²) in [4.78, 5) is 23.6. The number of carbonyl (C=O) groups is 2. The first kappa shape index (κ1) is 18.1. The summed E-state index contributed by atoms with van der Waals surface area (Å²) in [5, 5.41) is 11.7. The summed E-state index contributed by atoms with van der Waals surface area (Å²) in [5.74, 6) is -5.25. The average molecular weight is 343 g/mol. The minimum absolute atomic E-state index is 0.143. The number of carbonyl (C=O) groups excluding carboxylic acids is 1. The predicted molar refractivity (Wildman–Crippen MR) is 79.9 cm³/mol. The van der Waals surface area contributed by atoms with E-state index in [9.17, 15) is 23.5 Å². The molecule has 0 aliphatic carbocycles. The van der Waals surface area contributed by atoms with Crippen LogP contribution in [0.5, 0.6) is 5.75 Å². The first-order valence-electron chi connectivity index (χ1n) is 7.56. The number of aliphatic carboxylic acids is 1. The van der Waals surface area contributed by atoms with Crippen molar-refractivity contribution in [2.75, 3.05) is 26.9 Å². The van der Waals surface area contributed by atoms with E-state index in [1.165, 1.54) is 0 Å². The lowest BCUT2D eigenvalue weighted by atomic mass is 9.86. The number of ether oxygens (including phenoxy) is 2. The van der Waals surface area contributed by atoms with Gasteiger partial charge in [0.15, 0.2) is 11.6 Å². The molecule has 0 bridgehead atoms. The third-order valence-corrected chi connectivity index (χ3v) is 4.12. The maximum Gasteiger partial charge on any atom is 0.308 e. The summed E-state index contributed by atoms with van der Waals surface area (Å²) in [6.07, 6.45) is 1.15. The van der Waals surface area contributed by atoms with Gasteiger partial charge in [-0.1, -0.05) is 0 Å². The van der Waals surface area contributed by atoms with Gasteiger partial charge in [-0.25, -0.2) is 8.78 Å². The summed E-state index contributed by atoms with van der Waals surface area (Å²) in [5.41, 5.74) is -0.575. The normalized spacial score (nSPS) is 16.5. The van der Waals surface area contributed by atoms with Crippen molar-refractivity contribution in [3.63, 3.8) is 0 Å². The summed E-state index contributed by atoms with van der Waals surface area (Å²) in [6, 6.07) is 1.67. The van der Waals surface area contributed by atoms with E-state index in [1.807, 2.05) is 0 Å². The van der Waals surface area contributed by atoms with Gasteiger partial charge in [-0.3, -0.25) is 9.59 Å². The van der Waals surface area contributed by atoms with Crippen molar-refractivity contribution in [2.24, 2.45) is 11.8 Å². The van der Waals surface area contributed by atoms with Crippen LogP contribution in [0.1, 0.15) is 23.2 Å². The van der Waals surface area contributed by atoms with Gasteiger partial charge in [0.1, 0.15) is 11.4 Å².